The summed E-state index contributed by atoms with van der Waals surface area (Å²) >= 11 is 6.45. The van der Waals surface area contributed by atoms with Gasteiger partial charge in [-0.1, -0.05) is 85.3 Å². The third-order valence-electron chi connectivity index (χ3n) is 6.29. The molecule has 0 bridgehead atoms. The average molecular weight is 556 g/mol. The molecule has 3 rings (SSSR count). The van der Waals surface area contributed by atoms with Gasteiger partial charge in [-0.2, -0.15) is 0 Å². The van der Waals surface area contributed by atoms with E-state index >= 15 is 0 Å². The molecule has 3 aromatic carbocycles. The fraction of sp³-hybridized carbons (Fsp3) is 0.310. The van der Waals surface area contributed by atoms with Crippen LogP contribution in [-0.2, 0) is 32.6 Å². The Balaban J connectivity index is 2.05. The van der Waals surface area contributed by atoms with E-state index in [4.69, 9.17) is 11.6 Å². The van der Waals surface area contributed by atoms with Crippen LogP contribution in [0.15, 0.2) is 84.9 Å². The molecule has 1 N–H and O–H groups in total. The van der Waals surface area contributed by atoms with E-state index in [1.54, 1.807) is 48.5 Å². The topological polar surface area (TPSA) is 86.8 Å². The molecule has 38 heavy (non-hydrogen) atoms. The number of sulfonamides is 1. The second kappa shape index (κ2) is 13.4. The number of carbonyl (C=O) groups is 2. The Labute approximate surface area is 230 Å². The van der Waals surface area contributed by atoms with Crippen molar-refractivity contribution in [2.45, 2.75) is 45.3 Å². The van der Waals surface area contributed by atoms with Gasteiger partial charge in [-0.05, 0) is 42.7 Å². The van der Waals surface area contributed by atoms with Crippen LogP contribution in [0, 0.1) is 0 Å². The third kappa shape index (κ3) is 8.07. The second-order valence-electron chi connectivity index (χ2n) is 9.24. The number of para-hydroxylation sites is 1. The average Bonchev–Trinajstić information content (AvgIpc) is 2.90. The van der Waals surface area contributed by atoms with Crippen LogP contribution >= 0.6 is 11.6 Å². The van der Waals surface area contributed by atoms with Crippen LogP contribution in [0.1, 0.15) is 31.4 Å². The van der Waals surface area contributed by atoms with Crippen molar-refractivity contribution in [1.29, 1.82) is 0 Å². The number of anilines is 1. The van der Waals surface area contributed by atoms with E-state index in [-0.39, 0.29) is 24.9 Å². The van der Waals surface area contributed by atoms with Crippen LogP contribution in [0.25, 0.3) is 0 Å². The van der Waals surface area contributed by atoms with Crippen molar-refractivity contribution in [1.82, 2.24) is 10.2 Å². The van der Waals surface area contributed by atoms with Gasteiger partial charge >= 0.3 is 0 Å². The van der Waals surface area contributed by atoms with Crippen molar-refractivity contribution in [3.63, 3.8) is 0 Å². The van der Waals surface area contributed by atoms with Gasteiger partial charge in [0.25, 0.3) is 0 Å². The lowest BCUT2D eigenvalue weighted by Gasteiger charge is -2.34. The van der Waals surface area contributed by atoms with Gasteiger partial charge in [0.1, 0.15) is 12.6 Å². The highest BCUT2D eigenvalue weighted by atomic mass is 35.5. The van der Waals surface area contributed by atoms with Crippen LogP contribution in [0.2, 0.25) is 5.02 Å². The van der Waals surface area contributed by atoms with Crippen LogP contribution in [0.4, 0.5) is 5.69 Å². The van der Waals surface area contributed by atoms with Crippen LogP contribution < -0.4 is 9.62 Å². The molecule has 2 amide bonds. The maximum absolute atomic E-state index is 14.0. The van der Waals surface area contributed by atoms with Crippen molar-refractivity contribution < 1.29 is 18.0 Å². The summed E-state index contributed by atoms with van der Waals surface area (Å²) in [6.45, 7) is 3.44. The van der Waals surface area contributed by atoms with Gasteiger partial charge in [-0.3, -0.25) is 13.9 Å². The summed E-state index contributed by atoms with van der Waals surface area (Å²) in [7, 11) is -3.80. The molecular formula is C29H34ClN3O4S. The third-order valence-corrected chi connectivity index (χ3v) is 7.80. The number of benzene rings is 3. The first-order valence-electron chi connectivity index (χ1n) is 12.5. The monoisotopic (exact) mass is 555 g/mol. The first-order chi connectivity index (χ1) is 18.1. The fourth-order valence-electron chi connectivity index (χ4n) is 4.01. The van der Waals surface area contributed by atoms with Gasteiger partial charge < -0.3 is 10.2 Å². The zero-order chi connectivity index (χ0) is 27.7. The van der Waals surface area contributed by atoms with Gasteiger partial charge in [-0.25, -0.2) is 8.42 Å². The smallest absolute Gasteiger partial charge is 0.244 e. The minimum absolute atomic E-state index is 0.0380. The van der Waals surface area contributed by atoms with E-state index < -0.39 is 28.5 Å². The van der Waals surface area contributed by atoms with E-state index in [1.165, 1.54) is 4.90 Å². The largest absolute Gasteiger partial charge is 0.352 e. The van der Waals surface area contributed by atoms with Gasteiger partial charge in [-0.15, -0.1) is 0 Å². The Morgan fingerprint density at radius 1 is 0.921 bits per heavy atom. The van der Waals surface area contributed by atoms with Crippen LogP contribution in [-0.4, -0.2) is 50.0 Å². The lowest BCUT2D eigenvalue weighted by Crippen LogP contribution is -2.54. The Bertz CT molecular complexity index is 1320. The molecule has 2 atom stereocenters. The molecule has 7 nitrogen and oxygen atoms in total. The van der Waals surface area contributed by atoms with E-state index in [2.05, 4.69) is 5.32 Å². The highest BCUT2D eigenvalue weighted by Crippen LogP contribution is 2.23. The maximum atomic E-state index is 14.0. The predicted molar refractivity (Wildman–Crippen MR) is 152 cm³/mol. The summed E-state index contributed by atoms with van der Waals surface area (Å²) in [5.41, 5.74) is 1.89. The number of amides is 2. The molecule has 0 heterocycles. The number of hydrogen-bond acceptors (Lipinski definition) is 4. The van der Waals surface area contributed by atoms with Crippen molar-refractivity contribution >= 4 is 39.1 Å². The number of nitrogens with one attached hydrogen (secondary N) is 1. The Hall–Kier alpha value is -3.36. The molecule has 9 heteroatoms. The van der Waals surface area contributed by atoms with Gasteiger partial charge in [0.15, 0.2) is 0 Å². The molecule has 0 saturated heterocycles. The summed E-state index contributed by atoms with van der Waals surface area (Å²) in [5.74, 6) is -0.825. The summed E-state index contributed by atoms with van der Waals surface area (Å²) in [5, 5.41) is 3.46. The molecule has 2 unspecified atom stereocenters. The zero-order valence-corrected chi connectivity index (χ0v) is 23.5. The zero-order valence-electron chi connectivity index (χ0n) is 21.9. The van der Waals surface area contributed by atoms with Crippen LogP contribution in [0.5, 0.6) is 0 Å². The Morgan fingerprint density at radius 3 is 2.08 bits per heavy atom. The van der Waals surface area contributed by atoms with E-state index in [0.29, 0.717) is 16.3 Å². The predicted octanol–water partition coefficient (Wildman–Crippen LogP) is 4.66. The maximum Gasteiger partial charge on any atom is 0.244 e. The SMILES string of the molecule is CCC(C)NC(=O)C(Cc1ccccc1)N(Cc1ccccc1Cl)C(=O)CN(c1ccccc1)S(C)(=O)=O. The summed E-state index contributed by atoms with van der Waals surface area (Å²) < 4.78 is 26.5. The van der Waals surface area contributed by atoms with E-state index in [9.17, 15) is 18.0 Å². The lowest BCUT2D eigenvalue weighted by molar-refractivity contribution is -0.140. The fourth-order valence-corrected chi connectivity index (χ4v) is 5.06. The molecule has 0 spiro atoms. The van der Waals surface area contributed by atoms with Crippen molar-refractivity contribution in [3.05, 3.63) is 101 Å². The minimum atomic E-state index is -3.80. The first kappa shape index (κ1) is 29.2. The molecule has 0 fully saturated rings. The van der Waals surface area contributed by atoms with Crippen LogP contribution in [0.3, 0.4) is 0 Å². The highest BCUT2D eigenvalue weighted by molar-refractivity contribution is 7.92. The van der Waals surface area contributed by atoms with E-state index in [0.717, 1.165) is 22.5 Å². The molecule has 0 aliphatic rings. The molecule has 0 aliphatic carbocycles. The van der Waals surface area contributed by atoms with E-state index in [1.807, 2.05) is 50.2 Å². The number of halogens is 1. The number of nitrogens with zero attached hydrogens (tertiary/aromatic N) is 2. The number of hydrogen-bond donors (Lipinski definition) is 1. The molecular weight excluding hydrogens is 522 g/mol. The summed E-state index contributed by atoms with van der Waals surface area (Å²) in [6, 6.07) is 24.0. The Morgan fingerprint density at radius 2 is 1.50 bits per heavy atom. The molecule has 0 aliphatic heterocycles. The number of rotatable bonds is 12. The van der Waals surface area contributed by atoms with Gasteiger partial charge in [0.05, 0.1) is 11.9 Å². The summed E-state index contributed by atoms with van der Waals surface area (Å²) in [4.78, 5) is 29.0. The quantitative estimate of drug-likeness (QED) is 0.352. The molecule has 3 aromatic rings. The highest BCUT2D eigenvalue weighted by Gasteiger charge is 2.33. The number of carbonyl (C=O) groups excluding carboxylic acids is 2. The molecule has 0 radical (unpaired) electrons. The van der Waals surface area contributed by atoms with Gasteiger partial charge in [0.2, 0.25) is 21.8 Å². The second-order valence-corrected chi connectivity index (χ2v) is 11.6. The normalized spacial score (nSPS) is 12.8. The lowest BCUT2D eigenvalue weighted by atomic mass is 10.0. The molecule has 0 aromatic heterocycles. The Kier molecular flexibility index (Phi) is 10.3. The summed E-state index contributed by atoms with van der Waals surface area (Å²) in [6.07, 6.45) is 2.03. The molecule has 202 valence electrons. The van der Waals surface area contributed by atoms with Gasteiger partial charge in [0, 0.05) is 24.0 Å². The van der Waals surface area contributed by atoms with Crippen molar-refractivity contribution in [2.24, 2.45) is 0 Å². The van der Waals surface area contributed by atoms with Crippen molar-refractivity contribution in [3.8, 4) is 0 Å². The minimum Gasteiger partial charge on any atom is -0.352 e. The van der Waals surface area contributed by atoms with Crippen molar-refractivity contribution in [2.75, 3.05) is 17.1 Å². The molecule has 0 saturated carbocycles. The first-order valence-corrected chi connectivity index (χ1v) is 14.7. The standard InChI is InChI=1S/C29H34ClN3O4S/c1-4-22(2)31-29(35)27(19-23-13-7-5-8-14-23)32(20-24-15-11-12-18-26(24)30)28(34)21-33(38(3,36)37)25-16-9-6-10-17-25/h5-18,22,27H,4,19-21H2,1-3H3,(H,31,35).